The van der Waals surface area contributed by atoms with Crippen molar-refractivity contribution in [1.29, 1.82) is 0 Å². The van der Waals surface area contributed by atoms with Gasteiger partial charge in [-0.15, -0.1) is 0 Å². The van der Waals surface area contributed by atoms with Gasteiger partial charge in [0.1, 0.15) is 11.4 Å². The van der Waals surface area contributed by atoms with Crippen LogP contribution in [0.5, 0.6) is 5.75 Å². The highest BCUT2D eigenvalue weighted by Crippen LogP contribution is 2.25. The quantitative estimate of drug-likeness (QED) is 0.845. The summed E-state index contributed by atoms with van der Waals surface area (Å²) in [4.78, 5) is 14.3. The molecule has 1 fully saturated rings. The van der Waals surface area contributed by atoms with E-state index in [1.54, 1.807) is 0 Å². The van der Waals surface area contributed by atoms with Gasteiger partial charge >= 0.3 is 6.09 Å². The van der Waals surface area contributed by atoms with Crippen molar-refractivity contribution in [3.63, 3.8) is 0 Å². The number of amides is 1. The molecule has 1 N–H and O–H groups in total. The molecule has 140 valence electrons. The van der Waals surface area contributed by atoms with E-state index in [0.29, 0.717) is 11.6 Å². The second-order valence-electron chi connectivity index (χ2n) is 7.41. The van der Waals surface area contributed by atoms with Crippen LogP contribution in [0.15, 0.2) is 18.2 Å². The maximum Gasteiger partial charge on any atom is 0.407 e. The van der Waals surface area contributed by atoms with E-state index in [2.05, 4.69) is 10.2 Å². The van der Waals surface area contributed by atoms with E-state index in [-0.39, 0.29) is 12.1 Å². The molecule has 1 saturated heterocycles. The largest absolute Gasteiger partial charge is 0.494 e. The number of carbonyl (C=O) groups is 1. The maximum atomic E-state index is 12.0. The molecule has 1 aromatic carbocycles. The van der Waals surface area contributed by atoms with Crippen molar-refractivity contribution >= 4 is 17.7 Å². The number of nitrogens with one attached hydrogen (secondary N) is 1. The van der Waals surface area contributed by atoms with Gasteiger partial charge in [-0.1, -0.05) is 11.6 Å². The van der Waals surface area contributed by atoms with Crippen molar-refractivity contribution < 1.29 is 14.3 Å². The number of halogens is 1. The molecule has 0 spiro atoms. The van der Waals surface area contributed by atoms with Gasteiger partial charge in [-0.2, -0.15) is 0 Å². The molecule has 0 aliphatic carbocycles. The summed E-state index contributed by atoms with van der Waals surface area (Å²) in [5.41, 5.74) is 0.596. The Morgan fingerprint density at radius 1 is 1.40 bits per heavy atom. The van der Waals surface area contributed by atoms with Gasteiger partial charge in [0.15, 0.2) is 0 Å². The van der Waals surface area contributed by atoms with Crippen LogP contribution in [-0.2, 0) is 11.3 Å². The van der Waals surface area contributed by atoms with E-state index in [9.17, 15) is 4.79 Å². The number of alkyl carbamates (subject to hydrolysis) is 1. The minimum absolute atomic E-state index is 0.0957. The molecule has 6 heteroatoms. The van der Waals surface area contributed by atoms with Crippen LogP contribution in [-0.4, -0.2) is 42.3 Å². The van der Waals surface area contributed by atoms with Crippen molar-refractivity contribution in [2.24, 2.45) is 0 Å². The first-order valence-electron chi connectivity index (χ1n) is 8.90. The second-order valence-corrected chi connectivity index (χ2v) is 7.84. The number of piperidine rings is 1. The third kappa shape index (κ3) is 6.75. The average molecular weight is 369 g/mol. The summed E-state index contributed by atoms with van der Waals surface area (Å²) in [6.07, 6.45) is 1.64. The lowest BCUT2D eigenvalue weighted by molar-refractivity contribution is 0.0470. The zero-order valence-corrected chi connectivity index (χ0v) is 16.4. The number of hydrogen-bond acceptors (Lipinski definition) is 4. The molecule has 1 aromatic rings. The van der Waals surface area contributed by atoms with Crippen LogP contribution in [0.4, 0.5) is 4.79 Å². The molecule has 1 atom stereocenters. The molecule has 0 radical (unpaired) electrons. The van der Waals surface area contributed by atoms with E-state index in [1.807, 2.05) is 45.9 Å². The highest BCUT2D eigenvalue weighted by Gasteiger charge is 2.24. The van der Waals surface area contributed by atoms with Crippen molar-refractivity contribution in [3.8, 4) is 5.75 Å². The maximum absolute atomic E-state index is 12.0. The van der Waals surface area contributed by atoms with E-state index in [4.69, 9.17) is 21.1 Å². The predicted molar refractivity (Wildman–Crippen MR) is 100 cm³/mol. The van der Waals surface area contributed by atoms with Crippen molar-refractivity contribution in [3.05, 3.63) is 28.8 Å². The minimum Gasteiger partial charge on any atom is -0.494 e. The molecule has 2 rings (SSSR count). The van der Waals surface area contributed by atoms with Crippen LogP contribution in [0, 0.1) is 0 Å². The number of nitrogens with zero attached hydrogens (tertiary/aromatic N) is 1. The molecule has 0 saturated carbocycles. The van der Waals surface area contributed by atoms with Crippen LogP contribution in [0.2, 0.25) is 5.02 Å². The number of carbonyl (C=O) groups excluding carboxylic acids is 1. The number of likely N-dealkylation sites (tertiary alicyclic amines) is 1. The standard InChI is InChI=1S/C19H29ClN2O3/c1-5-24-17-9-8-15(20)11-14(17)12-22-10-6-7-16(13-22)21-18(23)25-19(2,3)4/h8-9,11,16H,5-7,10,12-13H2,1-4H3,(H,21,23)/t16-/m0/s1. The van der Waals surface area contributed by atoms with Crippen molar-refractivity contribution in [1.82, 2.24) is 10.2 Å². The Morgan fingerprint density at radius 3 is 2.84 bits per heavy atom. The molecule has 1 aliphatic heterocycles. The van der Waals surface area contributed by atoms with E-state index >= 15 is 0 Å². The number of ether oxygens (including phenoxy) is 2. The number of hydrogen-bond donors (Lipinski definition) is 1. The smallest absolute Gasteiger partial charge is 0.407 e. The fourth-order valence-electron chi connectivity index (χ4n) is 3.00. The monoisotopic (exact) mass is 368 g/mol. The molecule has 1 amide bonds. The van der Waals surface area contributed by atoms with Gasteiger partial charge in [-0.25, -0.2) is 4.79 Å². The minimum atomic E-state index is -0.481. The Balaban J connectivity index is 1.95. The zero-order chi connectivity index (χ0) is 18.4. The lowest BCUT2D eigenvalue weighted by Crippen LogP contribution is -2.48. The lowest BCUT2D eigenvalue weighted by atomic mass is 10.0. The van der Waals surface area contributed by atoms with Crippen LogP contribution < -0.4 is 10.1 Å². The molecule has 0 aromatic heterocycles. The van der Waals surface area contributed by atoms with E-state index < -0.39 is 5.60 Å². The van der Waals surface area contributed by atoms with Gasteiger partial charge in [0, 0.05) is 29.7 Å². The Morgan fingerprint density at radius 2 is 2.16 bits per heavy atom. The third-order valence-corrected chi connectivity index (χ3v) is 4.18. The molecule has 25 heavy (non-hydrogen) atoms. The molecular formula is C19H29ClN2O3. The highest BCUT2D eigenvalue weighted by molar-refractivity contribution is 6.30. The molecule has 0 bridgehead atoms. The predicted octanol–water partition coefficient (Wildman–Crippen LogP) is 4.23. The van der Waals surface area contributed by atoms with Crippen molar-refractivity contribution in [2.75, 3.05) is 19.7 Å². The Hall–Kier alpha value is -1.46. The SMILES string of the molecule is CCOc1ccc(Cl)cc1CN1CCC[C@H](NC(=O)OC(C)(C)C)C1. The van der Waals surface area contributed by atoms with Gasteiger partial charge in [-0.05, 0) is 65.3 Å². The molecule has 1 aliphatic rings. The Labute approximate surface area is 155 Å². The molecular weight excluding hydrogens is 340 g/mol. The van der Waals surface area contributed by atoms with Crippen molar-refractivity contribution in [2.45, 2.75) is 58.7 Å². The summed E-state index contributed by atoms with van der Waals surface area (Å²) in [6, 6.07) is 5.82. The lowest BCUT2D eigenvalue weighted by Gasteiger charge is -2.33. The summed E-state index contributed by atoms with van der Waals surface area (Å²) in [5.74, 6) is 0.870. The third-order valence-electron chi connectivity index (χ3n) is 3.94. The van der Waals surface area contributed by atoms with Gasteiger partial charge in [0.2, 0.25) is 0 Å². The topological polar surface area (TPSA) is 50.8 Å². The van der Waals surface area contributed by atoms with Gasteiger partial charge in [0.05, 0.1) is 6.61 Å². The summed E-state index contributed by atoms with van der Waals surface area (Å²) in [7, 11) is 0. The second kappa shape index (κ2) is 8.77. The number of rotatable bonds is 5. The highest BCUT2D eigenvalue weighted by atomic mass is 35.5. The summed E-state index contributed by atoms with van der Waals surface area (Å²) in [6.45, 7) is 10.7. The molecule has 1 heterocycles. The Kier molecular flexibility index (Phi) is 6.96. The van der Waals surface area contributed by atoms with Gasteiger partial charge < -0.3 is 14.8 Å². The normalized spacial score (nSPS) is 18.7. The fraction of sp³-hybridized carbons (Fsp3) is 0.632. The van der Waals surface area contributed by atoms with Crippen LogP contribution >= 0.6 is 11.6 Å². The molecule has 5 nitrogen and oxygen atoms in total. The van der Waals surface area contributed by atoms with E-state index in [0.717, 1.165) is 43.8 Å². The van der Waals surface area contributed by atoms with Crippen LogP contribution in [0.3, 0.4) is 0 Å². The first kappa shape index (κ1) is 19.9. The van der Waals surface area contributed by atoms with Crippen LogP contribution in [0.1, 0.15) is 46.1 Å². The molecule has 0 unspecified atom stereocenters. The average Bonchev–Trinajstić information content (AvgIpc) is 2.48. The Bertz CT molecular complexity index is 587. The first-order valence-corrected chi connectivity index (χ1v) is 9.27. The fourth-order valence-corrected chi connectivity index (χ4v) is 3.19. The summed E-state index contributed by atoms with van der Waals surface area (Å²) >= 11 is 6.15. The first-order chi connectivity index (χ1) is 11.8. The van der Waals surface area contributed by atoms with E-state index in [1.165, 1.54) is 0 Å². The van der Waals surface area contributed by atoms with Crippen LogP contribution in [0.25, 0.3) is 0 Å². The summed E-state index contributed by atoms with van der Waals surface area (Å²) < 4.78 is 11.1. The number of benzene rings is 1. The summed E-state index contributed by atoms with van der Waals surface area (Å²) in [5, 5.41) is 3.69. The van der Waals surface area contributed by atoms with Gasteiger partial charge in [0.25, 0.3) is 0 Å². The van der Waals surface area contributed by atoms with Gasteiger partial charge in [-0.3, -0.25) is 4.90 Å². The zero-order valence-electron chi connectivity index (χ0n) is 15.6.